The molecule has 1 saturated heterocycles. The molecule has 0 radical (unpaired) electrons. The predicted molar refractivity (Wildman–Crippen MR) is 63.5 cm³/mol. The van der Waals surface area contributed by atoms with E-state index in [0.717, 1.165) is 6.42 Å². The third kappa shape index (κ3) is 2.46. The predicted octanol–water partition coefficient (Wildman–Crippen LogP) is 1.57. The van der Waals surface area contributed by atoms with Gasteiger partial charge in [0.2, 0.25) is 0 Å². The van der Waals surface area contributed by atoms with Gasteiger partial charge in [-0.2, -0.15) is 0 Å². The maximum atomic E-state index is 5.27. The first kappa shape index (κ1) is 10.4. The molecule has 80 valence electrons. The fourth-order valence-electron chi connectivity index (χ4n) is 1.74. The Labute approximate surface area is 94.8 Å². The van der Waals surface area contributed by atoms with Crippen molar-refractivity contribution in [2.24, 2.45) is 0 Å². The molecule has 1 aliphatic heterocycles. The monoisotopic (exact) mass is 222 g/mol. The molecule has 2 unspecified atom stereocenters. The van der Waals surface area contributed by atoms with Crippen LogP contribution in [0.5, 0.6) is 0 Å². The standard InChI is InChI=1S/C11H14N2OS/c1-14-10-7-9(12-11(15)13-10)8-5-3-2-4-6-8/h2-6,9-10H,7H2,1H3,(H2,12,13,15). The van der Waals surface area contributed by atoms with E-state index < -0.39 is 0 Å². The van der Waals surface area contributed by atoms with Gasteiger partial charge in [0.1, 0.15) is 6.23 Å². The molecule has 2 atom stereocenters. The molecule has 0 aromatic heterocycles. The van der Waals surface area contributed by atoms with Crippen LogP contribution in [-0.2, 0) is 4.74 Å². The van der Waals surface area contributed by atoms with E-state index in [0.29, 0.717) is 5.11 Å². The quantitative estimate of drug-likeness (QED) is 0.744. The Bertz CT molecular complexity index is 342. The minimum absolute atomic E-state index is 0.00366. The normalized spacial score (nSPS) is 25.5. The molecule has 1 aromatic carbocycles. The Morgan fingerprint density at radius 2 is 2.00 bits per heavy atom. The van der Waals surface area contributed by atoms with Crippen molar-refractivity contribution in [2.75, 3.05) is 7.11 Å². The zero-order chi connectivity index (χ0) is 10.7. The molecule has 2 rings (SSSR count). The van der Waals surface area contributed by atoms with Crippen molar-refractivity contribution in [1.82, 2.24) is 10.6 Å². The minimum atomic E-state index is 0.00366. The fourth-order valence-corrected chi connectivity index (χ4v) is 2.01. The van der Waals surface area contributed by atoms with Gasteiger partial charge in [-0.1, -0.05) is 30.3 Å². The van der Waals surface area contributed by atoms with E-state index in [-0.39, 0.29) is 12.3 Å². The van der Waals surface area contributed by atoms with Crippen molar-refractivity contribution >= 4 is 17.3 Å². The third-order valence-corrected chi connectivity index (χ3v) is 2.77. The SMILES string of the molecule is COC1CC(c2ccccc2)NC(=S)N1. The number of rotatable bonds is 2. The summed E-state index contributed by atoms with van der Waals surface area (Å²) in [4.78, 5) is 0. The first-order valence-corrected chi connectivity index (χ1v) is 5.35. The Balaban J connectivity index is 2.12. The molecule has 0 amide bonds. The van der Waals surface area contributed by atoms with Crippen molar-refractivity contribution in [3.8, 4) is 0 Å². The van der Waals surface area contributed by atoms with Crippen LogP contribution in [0.25, 0.3) is 0 Å². The lowest BCUT2D eigenvalue weighted by molar-refractivity contribution is 0.0670. The van der Waals surface area contributed by atoms with Crippen LogP contribution in [0, 0.1) is 0 Å². The van der Waals surface area contributed by atoms with E-state index in [4.69, 9.17) is 17.0 Å². The lowest BCUT2D eigenvalue weighted by Crippen LogP contribution is -2.51. The average molecular weight is 222 g/mol. The van der Waals surface area contributed by atoms with Crippen molar-refractivity contribution in [3.63, 3.8) is 0 Å². The summed E-state index contributed by atoms with van der Waals surface area (Å²) >= 11 is 5.12. The van der Waals surface area contributed by atoms with Crippen molar-refractivity contribution in [3.05, 3.63) is 35.9 Å². The Morgan fingerprint density at radius 3 is 2.67 bits per heavy atom. The van der Waals surface area contributed by atoms with Gasteiger partial charge in [-0.05, 0) is 17.8 Å². The highest BCUT2D eigenvalue weighted by Crippen LogP contribution is 2.21. The van der Waals surface area contributed by atoms with E-state index in [1.54, 1.807) is 7.11 Å². The molecule has 0 spiro atoms. The Morgan fingerprint density at radius 1 is 1.27 bits per heavy atom. The number of ether oxygens (including phenoxy) is 1. The van der Waals surface area contributed by atoms with Crippen LogP contribution in [0.3, 0.4) is 0 Å². The van der Waals surface area contributed by atoms with Crippen LogP contribution in [0.4, 0.5) is 0 Å². The number of nitrogens with one attached hydrogen (secondary N) is 2. The first-order chi connectivity index (χ1) is 7.29. The lowest BCUT2D eigenvalue weighted by atomic mass is 10.0. The van der Waals surface area contributed by atoms with Gasteiger partial charge in [0, 0.05) is 13.5 Å². The van der Waals surface area contributed by atoms with E-state index in [9.17, 15) is 0 Å². The second-order valence-electron chi connectivity index (χ2n) is 3.54. The highest BCUT2D eigenvalue weighted by Gasteiger charge is 2.24. The van der Waals surface area contributed by atoms with Gasteiger partial charge in [0.15, 0.2) is 5.11 Å². The molecule has 1 aromatic rings. The van der Waals surface area contributed by atoms with Crippen LogP contribution in [-0.4, -0.2) is 18.5 Å². The molecule has 0 saturated carbocycles. The van der Waals surface area contributed by atoms with Gasteiger partial charge in [0.25, 0.3) is 0 Å². The van der Waals surface area contributed by atoms with Gasteiger partial charge in [-0.3, -0.25) is 0 Å². The van der Waals surface area contributed by atoms with Crippen LogP contribution in [0.15, 0.2) is 30.3 Å². The molecular weight excluding hydrogens is 208 g/mol. The number of thiocarbonyl (C=S) groups is 1. The highest BCUT2D eigenvalue weighted by atomic mass is 32.1. The summed E-state index contributed by atoms with van der Waals surface area (Å²) in [5.41, 5.74) is 1.24. The van der Waals surface area contributed by atoms with Gasteiger partial charge < -0.3 is 15.4 Å². The van der Waals surface area contributed by atoms with E-state index in [2.05, 4.69) is 22.8 Å². The molecule has 4 heteroatoms. The van der Waals surface area contributed by atoms with Crippen LogP contribution in [0.2, 0.25) is 0 Å². The molecule has 1 fully saturated rings. The summed E-state index contributed by atoms with van der Waals surface area (Å²) in [7, 11) is 1.69. The van der Waals surface area contributed by atoms with E-state index >= 15 is 0 Å². The van der Waals surface area contributed by atoms with E-state index in [1.807, 2.05) is 18.2 Å². The van der Waals surface area contributed by atoms with Crippen molar-refractivity contribution < 1.29 is 4.74 Å². The molecule has 1 aliphatic rings. The summed E-state index contributed by atoms with van der Waals surface area (Å²) in [6, 6.07) is 10.5. The molecule has 15 heavy (non-hydrogen) atoms. The van der Waals surface area contributed by atoms with Crippen LogP contribution < -0.4 is 10.6 Å². The fraction of sp³-hybridized carbons (Fsp3) is 0.364. The average Bonchev–Trinajstić information content (AvgIpc) is 2.29. The first-order valence-electron chi connectivity index (χ1n) is 4.94. The minimum Gasteiger partial charge on any atom is -0.362 e. The van der Waals surface area contributed by atoms with Crippen LogP contribution in [0.1, 0.15) is 18.0 Å². The Kier molecular flexibility index (Phi) is 3.18. The van der Waals surface area contributed by atoms with Gasteiger partial charge in [-0.25, -0.2) is 0 Å². The van der Waals surface area contributed by atoms with Gasteiger partial charge >= 0.3 is 0 Å². The van der Waals surface area contributed by atoms with Crippen LogP contribution >= 0.6 is 12.2 Å². The Hall–Kier alpha value is -1.13. The van der Waals surface area contributed by atoms with Gasteiger partial charge in [-0.15, -0.1) is 0 Å². The molecular formula is C11H14N2OS. The number of hydrogen-bond donors (Lipinski definition) is 2. The van der Waals surface area contributed by atoms with Crippen molar-refractivity contribution in [1.29, 1.82) is 0 Å². The topological polar surface area (TPSA) is 33.3 Å². The summed E-state index contributed by atoms with van der Waals surface area (Å²) in [5, 5.41) is 6.96. The summed E-state index contributed by atoms with van der Waals surface area (Å²) in [5.74, 6) is 0. The molecule has 2 N–H and O–H groups in total. The van der Waals surface area contributed by atoms with E-state index in [1.165, 1.54) is 5.56 Å². The van der Waals surface area contributed by atoms with Crippen molar-refractivity contribution in [2.45, 2.75) is 18.7 Å². The summed E-state index contributed by atoms with van der Waals surface area (Å²) < 4.78 is 5.27. The maximum Gasteiger partial charge on any atom is 0.168 e. The molecule has 0 bridgehead atoms. The number of hydrogen-bond acceptors (Lipinski definition) is 2. The zero-order valence-electron chi connectivity index (χ0n) is 8.57. The molecule has 0 aliphatic carbocycles. The second kappa shape index (κ2) is 4.59. The number of methoxy groups -OCH3 is 1. The largest absolute Gasteiger partial charge is 0.362 e. The summed E-state index contributed by atoms with van der Waals surface area (Å²) in [6.07, 6.45) is 0.879. The molecule has 3 nitrogen and oxygen atoms in total. The third-order valence-electron chi connectivity index (χ3n) is 2.53. The molecule has 1 heterocycles. The number of benzene rings is 1. The van der Waals surface area contributed by atoms with Gasteiger partial charge in [0.05, 0.1) is 6.04 Å². The smallest absolute Gasteiger partial charge is 0.168 e. The zero-order valence-corrected chi connectivity index (χ0v) is 9.38. The lowest BCUT2D eigenvalue weighted by Gasteiger charge is -2.32. The second-order valence-corrected chi connectivity index (χ2v) is 3.95. The maximum absolute atomic E-state index is 5.27. The highest BCUT2D eigenvalue weighted by molar-refractivity contribution is 7.80. The summed E-state index contributed by atoms with van der Waals surface area (Å²) in [6.45, 7) is 0.